The molecule has 0 aliphatic rings. The first-order valence-electron chi connectivity index (χ1n) is 5.10. The Balaban J connectivity index is 2.73. The van der Waals surface area contributed by atoms with Gasteiger partial charge in [0.15, 0.2) is 0 Å². The van der Waals surface area contributed by atoms with Gasteiger partial charge in [-0.25, -0.2) is 8.93 Å². The van der Waals surface area contributed by atoms with Crippen molar-refractivity contribution in [3.63, 3.8) is 0 Å². The van der Waals surface area contributed by atoms with Crippen LogP contribution in [0.4, 0.5) is 0 Å². The highest BCUT2D eigenvalue weighted by Gasteiger charge is 2.22. The van der Waals surface area contributed by atoms with Crippen LogP contribution in [0.25, 0.3) is 0 Å². The van der Waals surface area contributed by atoms with Gasteiger partial charge in [0.2, 0.25) is 0 Å². The molecule has 1 rings (SSSR count). The fraction of sp³-hybridized carbons (Fsp3) is 0.545. The summed E-state index contributed by atoms with van der Waals surface area (Å²) in [5, 5.41) is 0. The lowest BCUT2D eigenvalue weighted by Gasteiger charge is -2.21. The molecule has 0 amide bonds. The molecular weight excluding hydrogens is 288 g/mol. The van der Waals surface area contributed by atoms with Crippen molar-refractivity contribution in [2.75, 3.05) is 0 Å². The third-order valence-electron chi connectivity index (χ3n) is 2.03. The van der Waals surface area contributed by atoms with Crippen LogP contribution < -0.4 is 4.72 Å². The van der Waals surface area contributed by atoms with Crippen molar-refractivity contribution in [2.24, 2.45) is 0 Å². The van der Waals surface area contributed by atoms with Gasteiger partial charge in [0.25, 0.3) is 0 Å². The summed E-state index contributed by atoms with van der Waals surface area (Å²) < 4.78 is 15.7. The topological polar surface area (TPSA) is 42.0 Å². The highest BCUT2D eigenvalue weighted by molar-refractivity contribution is 9.10. The summed E-state index contributed by atoms with van der Waals surface area (Å²) in [5.74, 6) is 0. The summed E-state index contributed by atoms with van der Waals surface area (Å²) in [5.41, 5.74) is 0.881. The third-order valence-corrected chi connectivity index (χ3v) is 4.20. The van der Waals surface area contributed by atoms with Crippen LogP contribution in [0.2, 0.25) is 0 Å². The van der Waals surface area contributed by atoms with Crippen molar-refractivity contribution >= 4 is 26.9 Å². The Labute approximate surface area is 108 Å². The van der Waals surface area contributed by atoms with E-state index in [-0.39, 0.29) is 10.8 Å². The van der Waals surface area contributed by atoms with Gasteiger partial charge in [-0.1, -0.05) is 15.9 Å². The minimum Gasteiger partial charge on any atom is -0.260 e. The molecule has 0 aromatic carbocycles. The normalized spacial score (nSPS) is 15.8. The van der Waals surface area contributed by atoms with E-state index in [0.717, 1.165) is 10.2 Å². The summed E-state index contributed by atoms with van der Waals surface area (Å²) in [6.45, 7) is 7.78. The minimum absolute atomic E-state index is 0.0300. The average Bonchev–Trinajstić information content (AvgIpc) is 2.16. The molecule has 2 atom stereocenters. The van der Waals surface area contributed by atoms with Gasteiger partial charge in [0, 0.05) is 10.7 Å². The van der Waals surface area contributed by atoms with Crippen LogP contribution >= 0.6 is 15.9 Å². The molecule has 1 N–H and O–H groups in total. The molecule has 0 spiro atoms. The molecule has 0 aliphatic heterocycles. The SMILES string of the molecule is C[C@@H](NS(=O)C(C)(C)C)c1cc(Br)ccn1. The maximum atomic E-state index is 11.9. The molecule has 90 valence electrons. The smallest absolute Gasteiger partial charge is 0.0976 e. The number of nitrogens with one attached hydrogen (secondary N) is 1. The number of hydrogen-bond donors (Lipinski definition) is 1. The molecule has 1 aromatic heterocycles. The van der Waals surface area contributed by atoms with Crippen LogP contribution in [0.3, 0.4) is 0 Å². The molecule has 1 unspecified atom stereocenters. The van der Waals surface area contributed by atoms with E-state index in [1.165, 1.54) is 0 Å². The van der Waals surface area contributed by atoms with Crippen LogP contribution in [-0.4, -0.2) is 13.9 Å². The van der Waals surface area contributed by atoms with Gasteiger partial charge in [0.05, 0.1) is 27.5 Å². The molecule has 3 nitrogen and oxygen atoms in total. The van der Waals surface area contributed by atoms with Gasteiger partial charge in [-0.05, 0) is 39.8 Å². The van der Waals surface area contributed by atoms with Gasteiger partial charge in [-0.2, -0.15) is 0 Å². The second kappa shape index (κ2) is 5.38. The zero-order valence-electron chi connectivity index (χ0n) is 9.95. The van der Waals surface area contributed by atoms with E-state index in [4.69, 9.17) is 0 Å². The molecule has 5 heteroatoms. The van der Waals surface area contributed by atoms with E-state index in [0.29, 0.717) is 0 Å². The van der Waals surface area contributed by atoms with Crippen molar-refractivity contribution in [3.05, 3.63) is 28.5 Å². The van der Waals surface area contributed by atoms with Crippen molar-refractivity contribution in [1.82, 2.24) is 9.71 Å². The lowest BCUT2D eigenvalue weighted by Crippen LogP contribution is -2.35. The lowest BCUT2D eigenvalue weighted by molar-refractivity contribution is 0.611. The van der Waals surface area contributed by atoms with Gasteiger partial charge in [-0.15, -0.1) is 0 Å². The molecule has 0 saturated carbocycles. The van der Waals surface area contributed by atoms with Crippen molar-refractivity contribution in [2.45, 2.75) is 38.5 Å². The molecule has 0 bridgehead atoms. The Hall–Kier alpha value is -0.260. The first-order chi connectivity index (χ1) is 7.30. The zero-order chi connectivity index (χ0) is 12.3. The van der Waals surface area contributed by atoms with E-state index in [9.17, 15) is 4.21 Å². The first kappa shape index (κ1) is 13.8. The second-order valence-corrected chi connectivity index (χ2v) is 7.53. The Kier molecular flexibility index (Phi) is 4.64. The number of rotatable bonds is 3. The van der Waals surface area contributed by atoms with E-state index in [1.807, 2.05) is 39.8 Å². The molecule has 1 aromatic rings. The number of halogens is 1. The molecule has 0 aliphatic carbocycles. The predicted octanol–water partition coefficient (Wildman–Crippen LogP) is 2.96. The zero-order valence-corrected chi connectivity index (χ0v) is 12.4. The summed E-state index contributed by atoms with van der Waals surface area (Å²) in [6.07, 6.45) is 1.73. The molecule has 16 heavy (non-hydrogen) atoms. The van der Waals surface area contributed by atoms with Gasteiger partial charge in [0.1, 0.15) is 0 Å². The van der Waals surface area contributed by atoms with Crippen molar-refractivity contribution < 1.29 is 4.21 Å². The predicted molar refractivity (Wildman–Crippen MR) is 71.4 cm³/mol. The van der Waals surface area contributed by atoms with Crippen molar-refractivity contribution in [1.29, 1.82) is 0 Å². The fourth-order valence-corrected chi connectivity index (χ4v) is 2.20. The highest BCUT2D eigenvalue weighted by atomic mass is 79.9. The quantitative estimate of drug-likeness (QED) is 0.933. The molecule has 0 fully saturated rings. The first-order valence-corrected chi connectivity index (χ1v) is 7.04. The van der Waals surface area contributed by atoms with Gasteiger partial charge < -0.3 is 0 Å². The molecular formula is C11H17BrN2OS. The van der Waals surface area contributed by atoms with Crippen LogP contribution in [0.1, 0.15) is 39.4 Å². The summed E-state index contributed by atoms with van der Waals surface area (Å²) in [4.78, 5) is 4.25. The van der Waals surface area contributed by atoms with Crippen LogP contribution in [0.15, 0.2) is 22.8 Å². The maximum absolute atomic E-state index is 11.9. The number of aromatic nitrogens is 1. The van der Waals surface area contributed by atoms with E-state index >= 15 is 0 Å². The molecule has 1 heterocycles. The van der Waals surface area contributed by atoms with Crippen LogP contribution in [0.5, 0.6) is 0 Å². The Morgan fingerprint density at radius 2 is 2.12 bits per heavy atom. The lowest BCUT2D eigenvalue weighted by atomic mass is 10.2. The highest BCUT2D eigenvalue weighted by Crippen LogP contribution is 2.18. The molecule has 0 saturated heterocycles. The third kappa shape index (κ3) is 3.96. The minimum atomic E-state index is -1.08. The number of hydrogen-bond acceptors (Lipinski definition) is 2. The Morgan fingerprint density at radius 1 is 1.50 bits per heavy atom. The summed E-state index contributed by atoms with van der Waals surface area (Å²) in [7, 11) is -1.08. The second-order valence-electron chi connectivity index (χ2n) is 4.62. The fourth-order valence-electron chi connectivity index (χ4n) is 1.06. The van der Waals surface area contributed by atoms with Crippen LogP contribution in [-0.2, 0) is 11.0 Å². The summed E-state index contributed by atoms with van der Waals surface area (Å²) in [6, 6.07) is 3.77. The largest absolute Gasteiger partial charge is 0.260 e. The number of nitrogens with zero attached hydrogens (tertiary/aromatic N) is 1. The Morgan fingerprint density at radius 3 is 2.62 bits per heavy atom. The average molecular weight is 305 g/mol. The number of pyridine rings is 1. The molecule has 0 radical (unpaired) electrons. The monoisotopic (exact) mass is 304 g/mol. The van der Waals surface area contributed by atoms with E-state index in [1.54, 1.807) is 6.20 Å². The van der Waals surface area contributed by atoms with Gasteiger partial charge >= 0.3 is 0 Å². The van der Waals surface area contributed by atoms with Gasteiger partial charge in [-0.3, -0.25) is 4.98 Å². The van der Waals surface area contributed by atoms with E-state index < -0.39 is 11.0 Å². The summed E-state index contributed by atoms with van der Waals surface area (Å²) >= 11 is 3.39. The maximum Gasteiger partial charge on any atom is 0.0976 e. The van der Waals surface area contributed by atoms with E-state index in [2.05, 4.69) is 25.6 Å². The van der Waals surface area contributed by atoms with Crippen molar-refractivity contribution in [3.8, 4) is 0 Å². The van der Waals surface area contributed by atoms with Crippen LogP contribution in [0, 0.1) is 0 Å². The Bertz CT molecular complexity index is 390. The standard InChI is InChI=1S/C11H17BrN2OS/c1-8(14-16(15)11(2,3)4)10-7-9(12)5-6-13-10/h5-8,14H,1-4H3/t8-,16?/m1/s1.